The predicted molar refractivity (Wildman–Crippen MR) is 82.7 cm³/mol. The number of sulfonamides is 1. The molecule has 0 aliphatic carbocycles. The van der Waals surface area contributed by atoms with E-state index in [-0.39, 0.29) is 18.0 Å². The van der Waals surface area contributed by atoms with Crippen molar-refractivity contribution in [1.82, 2.24) is 4.72 Å². The van der Waals surface area contributed by atoms with Crippen LogP contribution in [-0.2, 0) is 10.0 Å². The maximum Gasteiger partial charge on any atom is 0.240 e. The first kappa shape index (κ1) is 15.3. The third-order valence-electron chi connectivity index (χ3n) is 2.90. The van der Waals surface area contributed by atoms with E-state index < -0.39 is 10.0 Å². The lowest BCUT2D eigenvalue weighted by Gasteiger charge is -2.10. The summed E-state index contributed by atoms with van der Waals surface area (Å²) in [5.41, 5.74) is 6.95. The summed E-state index contributed by atoms with van der Waals surface area (Å²) in [7, 11) is -3.51. The molecular weight excluding hydrogens is 288 g/mol. The summed E-state index contributed by atoms with van der Waals surface area (Å²) in [5.74, 6) is 0.616. The number of nitrogens with two attached hydrogens (primary N) is 1. The van der Waals surface area contributed by atoms with E-state index in [0.29, 0.717) is 17.0 Å². The normalized spacial score (nSPS) is 11.3. The number of hydrogen-bond donors (Lipinski definition) is 2. The molecule has 0 bridgehead atoms. The molecule has 6 heteroatoms. The van der Waals surface area contributed by atoms with E-state index in [1.165, 1.54) is 0 Å². The molecule has 0 radical (unpaired) electrons. The summed E-state index contributed by atoms with van der Waals surface area (Å²) in [5, 5.41) is 0. The van der Waals surface area contributed by atoms with E-state index in [0.717, 1.165) is 0 Å². The summed E-state index contributed by atoms with van der Waals surface area (Å²) < 4.78 is 32.2. The maximum atomic E-state index is 12.1. The topological polar surface area (TPSA) is 81.4 Å². The largest absolute Gasteiger partial charge is 0.492 e. The Hall–Kier alpha value is -2.05. The van der Waals surface area contributed by atoms with Gasteiger partial charge in [-0.15, -0.1) is 0 Å². The summed E-state index contributed by atoms with van der Waals surface area (Å²) in [4.78, 5) is 0.286. The SMILES string of the molecule is Cc1ccccc1S(=O)(=O)NCCOc1cccc(N)c1. The molecule has 2 rings (SSSR count). The molecule has 0 amide bonds. The lowest BCUT2D eigenvalue weighted by molar-refractivity contribution is 0.323. The second-order valence-electron chi connectivity index (χ2n) is 4.58. The molecule has 0 aromatic heterocycles. The molecule has 5 nitrogen and oxygen atoms in total. The summed E-state index contributed by atoms with van der Waals surface area (Å²) in [6.45, 7) is 2.18. The molecule has 0 atom stereocenters. The van der Waals surface area contributed by atoms with Crippen LogP contribution in [0, 0.1) is 6.92 Å². The van der Waals surface area contributed by atoms with Crippen LogP contribution in [0.1, 0.15) is 5.56 Å². The first-order valence-electron chi connectivity index (χ1n) is 6.53. The number of hydrogen-bond acceptors (Lipinski definition) is 4. The summed E-state index contributed by atoms with van der Waals surface area (Å²) in [6, 6.07) is 13.8. The molecule has 3 N–H and O–H groups in total. The van der Waals surface area contributed by atoms with Crippen LogP contribution in [0.2, 0.25) is 0 Å². The van der Waals surface area contributed by atoms with Gasteiger partial charge >= 0.3 is 0 Å². The van der Waals surface area contributed by atoms with Crippen LogP contribution in [0.15, 0.2) is 53.4 Å². The predicted octanol–water partition coefficient (Wildman–Crippen LogP) is 1.93. The van der Waals surface area contributed by atoms with E-state index in [9.17, 15) is 8.42 Å². The lowest BCUT2D eigenvalue weighted by atomic mass is 10.2. The molecule has 0 aliphatic rings. The Labute approximate surface area is 124 Å². The first-order valence-corrected chi connectivity index (χ1v) is 8.01. The Kier molecular flexibility index (Phi) is 4.82. The molecule has 0 heterocycles. The van der Waals surface area contributed by atoms with Crippen molar-refractivity contribution in [2.24, 2.45) is 0 Å². The zero-order valence-electron chi connectivity index (χ0n) is 11.7. The highest BCUT2D eigenvalue weighted by atomic mass is 32.2. The molecule has 21 heavy (non-hydrogen) atoms. The number of aryl methyl sites for hydroxylation is 1. The van der Waals surface area contributed by atoms with Crippen LogP contribution in [0.5, 0.6) is 5.75 Å². The Morgan fingerprint density at radius 2 is 1.90 bits per heavy atom. The number of ether oxygens (including phenoxy) is 1. The third-order valence-corrected chi connectivity index (χ3v) is 4.53. The van der Waals surface area contributed by atoms with Gasteiger partial charge in [0.25, 0.3) is 0 Å². The van der Waals surface area contributed by atoms with Gasteiger partial charge in [-0.3, -0.25) is 0 Å². The van der Waals surface area contributed by atoms with Gasteiger partial charge in [0.1, 0.15) is 12.4 Å². The fourth-order valence-electron chi connectivity index (χ4n) is 1.88. The van der Waals surface area contributed by atoms with Crippen molar-refractivity contribution >= 4 is 15.7 Å². The minimum atomic E-state index is -3.51. The van der Waals surface area contributed by atoms with Crippen molar-refractivity contribution in [2.45, 2.75) is 11.8 Å². The van der Waals surface area contributed by atoms with E-state index in [4.69, 9.17) is 10.5 Å². The molecule has 0 fully saturated rings. The summed E-state index contributed by atoms with van der Waals surface area (Å²) in [6.07, 6.45) is 0. The molecule has 112 valence electrons. The van der Waals surface area contributed by atoms with Gasteiger partial charge in [0.15, 0.2) is 0 Å². The van der Waals surface area contributed by atoms with E-state index in [2.05, 4.69) is 4.72 Å². The molecule has 2 aromatic carbocycles. The monoisotopic (exact) mass is 306 g/mol. The van der Waals surface area contributed by atoms with Gasteiger partial charge in [-0.1, -0.05) is 24.3 Å². The van der Waals surface area contributed by atoms with Crippen molar-refractivity contribution in [3.05, 3.63) is 54.1 Å². The third kappa shape index (κ3) is 4.21. The van der Waals surface area contributed by atoms with Crippen molar-refractivity contribution in [3.8, 4) is 5.75 Å². The average Bonchev–Trinajstić information content (AvgIpc) is 2.44. The van der Waals surface area contributed by atoms with Crippen LogP contribution in [0.25, 0.3) is 0 Å². The molecule has 0 saturated carbocycles. The van der Waals surface area contributed by atoms with Crippen molar-refractivity contribution < 1.29 is 13.2 Å². The Morgan fingerprint density at radius 1 is 1.14 bits per heavy atom. The van der Waals surface area contributed by atoms with Crippen LogP contribution in [0.4, 0.5) is 5.69 Å². The minimum Gasteiger partial charge on any atom is -0.492 e. The number of nitrogens with one attached hydrogen (secondary N) is 1. The van der Waals surface area contributed by atoms with E-state index in [1.807, 2.05) is 0 Å². The lowest BCUT2D eigenvalue weighted by Crippen LogP contribution is -2.28. The molecule has 0 saturated heterocycles. The molecular formula is C15H18N2O3S. The van der Waals surface area contributed by atoms with Crippen molar-refractivity contribution in [3.63, 3.8) is 0 Å². The van der Waals surface area contributed by atoms with E-state index >= 15 is 0 Å². The van der Waals surface area contributed by atoms with E-state index in [1.54, 1.807) is 55.5 Å². The number of benzene rings is 2. The van der Waals surface area contributed by atoms with Crippen molar-refractivity contribution in [2.75, 3.05) is 18.9 Å². The maximum absolute atomic E-state index is 12.1. The van der Waals surface area contributed by atoms with Gasteiger partial charge in [-0.05, 0) is 30.7 Å². The number of rotatable bonds is 6. The van der Waals surface area contributed by atoms with Crippen LogP contribution in [-0.4, -0.2) is 21.6 Å². The second-order valence-corrected chi connectivity index (χ2v) is 6.32. The fourth-order valence-corrected chi connectivity index (χ4v) is 3.14. The highest BCUT2D eigenvalue weighted by Gasteiger charge is 2.15. The van der Waals surface area contributed by atoms with Crippen LogP contribution < -0.4 is 15.2 Å². The van der Waals surface area contributed by atoms with Crippen molar-refractivity contribution in [1.29, 1.82) is 0 Å². The molecule has 2 aromatic rings. The smallest absolute Gasteiger partial charge is 0.240 e. The van der Waals surface area contributed by atoms with Crippen LogP contribution >= 0.6 is 0 Å². The van der Waals surface area contributed by atoms with Gasteiger partial charge in [-0.25, -0.2) is 13.1 Å². The summed E-state index contributed by atoms with van der Waals surface area (Å²) >= 11 is 0. The number of anilines is 1. The first-order chi connectivity index (χ1) is 9.99. The standard InChI is InChI=1S/C15H18N2O3S/c1-12-5-2-3-8-15(12)21(18,19)17-9-10-20-14-7-4-6-13(16)11-14/h2-8,11,17H,9-10,16H2,1H3. The average molecular weight is 306 g/mol. The fraction of sp³-hybridized carbons (Fsp3) is 0.200. The van der Waals surface area contributed by atoms with Gasteiger partial charge in [0.05, 0.1) is 4.90 Å². The Morgan fingerprint density at radius 3 is 2.62 bits per heavy atom. The second kappa shape index (κ2) is 6.60. The zero-order chi connectivity index (χ0) is 15.3. The van der Waals surface area contributed by atoms with Gasteiger partial charge < -0.3 is 10.5 Å². The van der Waals surface area contributed by atoms with Gasteiger partial charge in [0.2, 0.25) is 10.0 Å². The molecule has 0 aliphatic heterocycles. The van der Waals surface area contributed by atoms with Crippen LogP contribution in [0.3, 0.4) is 0 Å². The highest BCUT2D eigenvalue weighted by molar-refractivity contribution is 7.89. The van der Waals surface area contributed by atoms with Gasteiger partial charge in [-0.2, -0.15) is 0 Å². The van der Waals surface area contributed by atoms with Gasteiger partial charge in [0, 0.05) is 18.3 Å². The quantitative estimate of drug-likeness (QED) is 0.631. The highest BCUT2D eigenvalue weighted by Crippen LogP contribution is 2.15. The Balaban J connectivity index is 1.90. The molecule has 0 spiro atoms. The molecule has 0 unspecified atom stereocenters. The minimum absolute atomic E-state index is 0.186. The zero-order valence-corrected chi connectivity index (χ0v) is 12.6. The number of nitrogen functional groups attached to an aromatic ring is 1. The Bertz CT molecular complexity index is 714.